The molecule has 0 unspecified atom stereocenters. The quantitative estimate of drug-likeness (QED) is 0.0559. The van der Waals surface area contributed by atoms with Crippen molar-refractivity contribution < 1.29 is 8.91 Å². The summed E-state index contributed by atoms with van der Waals surface area (Å²) in [6.07, 6.45) is 14.5. The summed E-state index contributed by atoms with van der Waals surface area (Å²) >= 11 is 1.24. The Balaban J connectivity index is 0.000000186. The molecule has 0 radical (unpaired) electrons. The van der Waals surface area contributed by atoms with Gasteiger partial charge < -0.3 is 33.7 Å². The lowest BCUT2D eigenvalue weighted by Gasteiger charge is -2.16. The summed E-state index contributed by atoms with van der Waals surface area (Å²) in [5.41, 5.74) is 14.7. The number of nitrogens with one attached hydrogen (secondary N) is 1. The topological polar surface area (TPSA) is 240 Å². The monoisotopic (exact) mass is 1280 g/mol. The van der Waals surface area contributed by atoms with Crippen LogP contribution in [0, 0.1) is 51.1 Å². The zero-order valence-electron chi connectivity index (χ0n) is 55.8. The Morgan fingerprint density at radius 2 is 0.957 bits per heavy atom. The number of nitriles is 4. The van der Waals surface area contributed by atoms with Crippen LogP contribution in [0.4, 0.5) is 4.39 Å². The van der Waals surface area contributed by atoms with Gasteiger partial charge in [-0.2, -0.15) is 29.8 Å². The first-order valence-corrected chi connectivity index (χ1v) is 32.3. The predicted molar refractivity (Wildman–Crippen MR) is 368 cm³/mol. The number of imidazole rings is 2. The lowest BCUT2D eigenvalue weighted by molar-refractivity contribution is 0.273. The van der Waals surface area contributed by atoms with Gasteiger partial charge in [0.2, 0.25) is 0 Å². The van der Waals surface area contributed by atoms with Gasteiger partial charge in [-0.1, -0.05) is 81.4 Å². The molecule has 0 spiro atoms. The van der Waals surface area contributed by atoms with E-state index in [-0.39, 0.29) is 5.82 Å². The van der Waals surface area contributed by atoms with Crippen molar-refractivity contribution in [2.24, 2.45) is 0 Å². The van der Waals surface area contributed by atoms with Crippen molar-refractivity contribution in [1.82, 2.24) is 72.9 Å². The zero-order chi connectivity index (χ0) is 67.6. The van der Waals surface area contributed by atoms with Crippen molar-refractivity contribution in [3.63, 3.8) is 0 Å². The summed E-state index contributed by atoms with van der Waals surface area (Å²) in [6, 6.07) is 44.8. The highest BCUT2D eigenvalue weighted by Crippen LogP contribution is 2.27. The second kappa shape index (κ2) is 39.5. The normalized spacial score (nSPS) is 10.7. The first-order chi connectivity index (χ1) is 45.7. The Hall–Kier alpha value is -9.88. The molecule has 5 heterocycles. The highest BCUT2D eigenvalue weighted by Gasteiger charge is 2.16. The highest BCUT2D eigenvalue weighted by molar-refractivity contribution is 6.99. The Kier molecular flexibility index (Phi) is 30.8. The van der Waals surface area contributed by atoms with E-state index in [1.165, 1.54) is 23.9 Å². The molecule has 0 atom stereocenters. The van der Waals surface area contributed by atoms with Gasteiger partial charge in [-0.25, -0.2) is 19.0 Å². The number of hydrogen-bond donors (Lipinski definition) is 1. The van der Waals surface area contributed by atoms with E-state index < -0.39 is 0 Å². The summed E-state index contributed by atoms with van der Waals surface area (Å²) in [6.45, 7) is 20.1. The van der Waals surface area contributed by atoms with Gasteiger partial charge in [-0.3, -0.25) is 4.90 Å². The van der Waals surface area contributed by atoms with Crippen LogP contribution in [0.5, 0.6) is 0 Å². The molecule has 10 rings (SSSR count). The first kappa shape index (κ1) is 73.2. The molecular weight excluding hydrogens is 1200 g/mol. The van der Waals surface area contributed by atoms with Crippen LogP contribution in [0.2, 0.25) is 0 Å². The minimum absolute atomic E-state index is 0.236. The van der Waals surface area contributed by atoms with Crippen LogP contribution >= 0.6 is 11.7 Å². The van der Waals surface area contributed by atoms with Crippen LogP contribution in [-0.2, 0) is 32.7 Å². The van der Waals surface area contributed by atoms with Gasteiger partial charge in [-0.05, 0) is 191 Å². The number of nitrogens with zero attached hydrogens (tertiary/aromatic N) is 18. The van der Waals surface area contributed by atoms with E-state index in [9.17, 15) is 4.39 Å². The molecule has 0 aliphatic heterocycles. The third-order valence-corrected chi connectivity index (χ3v) is 15.2. The molecule has 0 saturated heterocycles. The van der Waals surface area contributed by atoms with E-state index in [1.54, 1.807) is 43.0 Å². The fourth-order valence-electron chi connectivity index (χ4n) is 10.1. The van der Waals surface area contributed by atoms with Crippen LogP contribution in [0.3, 0.4) is 0 Å². The molecule has 94 heavy (non-hydrogen) atoms. The van der Waals surface area contributed by atoms with Crippen LogP contribution in [0.15, 0.2) is 157 Å². The fourth-order valence-corrected chi connectivity index (χ4v) is 10.7. The van der Waals surface area contributed by atoms with Crippen molar-refractivity contribution in [2.45, 2.75) is 99.4 Å². The fraction of sp³-hybridized carbons (Fsp3) is 0.347. The minimum Gasteiger partial charge on any atom is -0.359 e. The van der Waals surface area contributed by atoms with Crippen molar-refractivity contribution >= 4 is 11.7 Å². The predicted octanol–water partition coefficient (Wildman–Crippen LogP) is 13.6. The summed E-state index contributed by atoms with van der Waals surface area (Å²) in [7, 11) is 10.4. The van der Waals surface area contributed by atoms with Gasteiger partial charge in [0, 0.05) is 54.8 Å². The largest absolute Gasteiger partial charge is 0.359 e. The van der Waals surface area contributed by atoms with Crippen LogP contribution < -0.4 is 0 Å². The number of rotatable bonds is 25. The first-order valence-electron chi connectivity index (χ1n) is 31.6. The molecule has 5 aromatic carbocycles. The van der Waals surface area contributed by atoms with E-state index in [1.807, 2.05) is 109 Å². The van der Waals surface area contributed by atoms with Crippen LogP contribution in [-0.4, -0.2) is 141 Å². The van der Waals surface area contributed by atoms with Crippen LogP contribution in [0.1, 0.15) is 118 Å². The summed E-state index contributed by atoms with van der Waals surface area (Å²) in [5.74, 6) is 0.581. The Morgan fingerprint density at radius 3 is 1.48 bits per heavy atom. The summed E-state index contributed by atoms with van der Waals surface area (Å²) < 4.78 is 30.8. The van der Waals surface area contributed by atoms with E-state index in [4.69, 9.17) is 25.6 Å². The second-order valence-electron chi connectivity index (χ2n) is 22.7. The molecule has 22 heteroatoms. The van der Waals surface area contributed by atoms with Crippen molar-refractivity contribution in [2.75, 3.05) is 68.0 Å². The third kappa shape index (κ3) is 23.0. The maximum Gasteiger partial charge on any atom is 0.158 e. The van der Waals surface area contributed by atoms with Gasteiger partial charge in [0.25, 0.3) is 0 Å². The standard InChI is InChI=1S/2C15H18N4.C14H17FN2O.C14H17N5.C14H16N4S/c1-3-8-18(2)11-15-10-17-12-19(15)14-6-4-13(9-16)5-7-14;1-3-8-19(2)10-14-15(18-11-17-14)13-6-4-12(9-16)5-7-13;1-3-8-17(2)10-14-13(9-16-18-14)11-4-6-12(15)7-5-11;1-3-8-18(2)11-14-10-16-17-19(14)13-6-4-12(9-15)5-7-13;1-3-8-18(2)10-13-14(17-19-16-13)12-6-4-11(9-15)5-7-12/h4-7,10,12H,3,8,11H2,1-2H3;4-7,11H,3,8,10H2,1-2H3,(H,17,18);4-7,9H,3,8,10H2,1-2H3;4-7,10H,3,8,11H2,1-2H3;4-7H,3,8,10H2,1-2H3. The number of halogens is 1. The maximum atomic E-state index is 12.9. The molecular formula is C72H86FN19OS. The Morgan fingerprint density at radius 1 is 0.500 bits per heavy atom. The van der Waals surface area contributed by atoms with Gasteiger partial charge in [0.1, 0.15) is 11.5 Å². The maximum absolute atomic E-state index is 12.9. The molecule has 0 bridgehead atoms. The number of hydrogen-bond acceptors (Lipinski definition) is 18. The molecule has 0 aliphatic rings. The molecule has 0 saturated carbocycles. The number of H-pyrrole nitrogens is 1. The minimum atomic E-state index is -0.236. The molecule has 0 amide bonds. The lowest BCUT2D eigenvalue weighted by Crippen LogP contribution is -2.20. The number of aromatic nitrogens is 10. The van der Waals surface area contributed by atoms with E-state index >= 15 is 0 Å². The Labute approximate surface area is 557 Å². The average molecular weight is 1280 g/mol. The van der Waals surface area contributed by atoms with Gasteiger partial charge in [0.15, 0.2) is 5.76 Å². The second-order valence-corrected chi connectivity index (χ2v) is 23.3. The van der Waals surface area contributed by atoms with Crippen LogP contribution in [0.25, 0.3) is 45.0 Å². The molecule has 5 aromatic heterocycles. The zero-order valence-corrected chi connectivity index (χ0v) is 56.6. The van der Waals surface area contributed by atoms with E-state index in [2.05, 4.69) is 155 Å². The Bertz CT molecular complexity index is 3530. The van der Waals surface area contributed by atoms with Gasteiger partial charge in [-0.15, -0.1) is 5.10 Å². The molecule has 0 aliphatic carbocycles. The number of benzene rings is 5. The van der Waals surface area contributed by atoms with Crippen molar-refractivity contribution in [3.05, 3.63) is 209 Å². The highest BCUT2D eigenvalue weighted by atomic mass is 32.1. The number of aromatic amines is 1. The molecule has 20 nitrogen and oxygen atoms in total. The molecule has 10 aromatic rings. The molecule has 1 N–H and O–H groups in total. The van der Waals surface area contributed by atoms with Gasteiger partial charge >= 0.3 is 0 Å². The average Bonchev–Trinajstić information content (AvgIpc) is 2.04. The van der Waals surface area contributed by atoms with E-state index in [0.29, 0.717) is 28.8 Å². The summed E-state index contributed by atoms with van der Waals surface area (Å²) in [4.78, 5) is 23.0. The van der Waals surface area contributed by atoms with E-state index in [0.717, 1.165) is 165 Å². The van der Waals surface area contributed by atoms with Crippen molar-refractivity contribution in [3.8, 4) is 69.3 Å². The molecule has 488 valence electrons. The van der Waals surface area contributed by atoms with Gasteiger partial charge in [0.05, 0.1) is 124 Å². The van der Waals surface area contributed by atoms with Crippen molar-refractivity contribution in [1.29, 1.82) is 21.0 Å². The summed E-state index contributed by atoms with van der Waals surface area (Å²) in [5, 5.41) is 47.2. The smallest absolute Gasteiger partial charge is 0.158 e. The lowest BCUT2D eigenvalue weighted by atomic mass is 10.1. The SMILES string of the molecule is CCCN(C)Cc1[nH]cnc1-c1ccc(C#N)cc1.CCCN(C)Cc1cncn1-c1ccc(C#N)cc1.CCCN(C)Cc1cnnn1-c1ccc(C#N)cc1.CCCN(C)Cc1nsnc1-c1ccc(C#N)cc1.CCCN(C)Cc1oncc1-c1ccc(F)cc1. The third-order valence-electron chi connectivity index (χ3n) is 14.7. The molecule has 0 fully saturated rings.